The van der Waals surface area contributed by atoms with Crippen LogP contribution in [0.4, 0.5) is 16.4 Å². The summed E-state index contributed by atoms with van der Waals surface area (Å²) in [6.07, 6.45) is 0. The van der Waals surface area contributed by atoms with Gasteiger partial charge in [0.2, 0.25) is 0 Å². The van der Waals surface area contributed by atoms with Gasteiger partial charge in [-0.25, -0.2) is 0 Å². The second-order valence-electron chi connectivity index (χ2n) is 14.1. The molecule has 0 aliphatic heterocycles. The van der Waals surface area contributed by atoms with Crippen molar-refractivity contribution in [3.63, 3.8) is 0 Å². The topological polar surface area (TPSA) is 3.24 Å². The quantitative estimate of drug-likeness (QED) is 0.165. The van der Waals surface area contributed by atoms with Crippen LogP contribution in [-0.2, 0) is 5.41 Å². The molecule has 0 bridgehead atoms. The van der Waals surface area contributed by atoms with E-state index in [0.29, 0.717) is 5.56 Å². The fourth-order valence-corrected chi connectivity index (χ4v) is 9.90. The maximum absolute atomic E-state index is 8.58. The Morgan fingerprint density at radius 1 is 0.382 bits per heavy atom. The minimum Gasteiger partial charge on any atom is -0.302 e. The molecule has 0 radical (unpaired) electrons. The Labute approximate surface area is 333 Å². The lowest BCUT2D eigenvalue weighted by molar-refractivity contribution is 0.794. The number of hydrogen-bond acceptors (Lipinski definition) is 2. The summed E-state index contributed by atoms with van der Waals surface area (Å²) < 4.78 is 41.7. The zero-order valence-corrected chi connectivity index (χ0v) is 30.5. The van der Waals surface area contributed by atoms with E-state index in [1.54, 1.807) is 11.3 Å². The van der Waals surface area contributed by atoms with Crippen molar-refractivity contribution in [3.8, 4) is 54.9 Å². The van der Waals surface area contributed by atoms with Gasteiger partial charge in [0, 0.05) is 16.3 Å². The Morgan fingerprint density at radius 3 is 1.44 bits per heavy atom. The molecule has 0 unspecified atom stereocenters. The molecule has 2 aliphatic carbocycles. The second kappa shape index (κ2) is 12.7. The van der Waals surface area contributed by atoms with Gasteiger partial charge in [0.05, 0.1) is 12.3 Å². The molecular formula is C53H35NS. The minimum absolute atomic E-state index is 0.189. The van der Waals surface area contributed by atoms with Crippen LogP contribution < -0.4 is 4.90 Å². The normalized spacial score (nSPS) is 14.1. The van der Waals surface area contributed by atoms with E-state index in [2.05, 4.69) is 144 Å². The summed E-state index contributed by atoms with van der Waals surface area (Å²) in [6.45, 7) is 0. The first kappa shape index (κ1) is 26.9. The van der Waals surface area contributed by atoms with Gasteiger partial charge >= 0.3 is 0 Å². The highest BCUT2D eigenvalue weighted by atomic mass is 32.1. The largest absolute Gasteiger partial charge is 0.302 e. The fraction of sp³-hybridized carbons (Fsp3) is 0.0189. The smallest absolute Gasteiger partial charge is 0.101 e. The molecule has 1 aromatic heterocycles. The summed E-state index contributed by atoms with van der Waals surface area (Å²) in [5, 5.41) is 1.02. The van der Waals surface area contributed by atoms with E-state index in [4.69, 9.17) is 6.85 Å². The first-order valence-electron chi connectivity index (χ1n) is 21.0. The lowest BCUT2D eigenvalue weighted by Gasteiger charge is -2.30. The van der Waals surface area contributed by atoms with Crippen molar-refractivity contribution in [2.45, 2.75) is 5.41 Å². The van der Waals surface area contributed by atoms with E-state index >= 15 is 0 Å². The van der Waals surface area contributed by atoms with Crippen LogP contribution >= 0.6 is 11.3 Å². The molecule has 55 heavy (non-hydrogen) atoms. The van der Waals surface area contributed by atoms with Crippen LogP contribution in [0.3, 0.4) is 0 Å². The predicted octanol–water partition coefficient (Wildman–Crippen LogP) is 14.6. The maximum atomic E-state index is 8.58. The lowest BCUT2D eigenvalue weighted by Crippen LogP contribution is -2.25. The van der Waals surface area contributed by atoms with Gasteiger partial charge in [-0.1, -0.05) is 170 Å². The number of fused-ring (bicyclic) bond motifs is 10. The van der Waals surface area contributed by atoms with Gasteiger partial charge in [0.15, 0.2) is 0 Å². The van der Waals surface area contributed by atoms with Gasteiger partial charge in [-0.05, 0) is 115 Å². The number of anilines is 3. The summed E-state index contributed by atoms with van der Waals surface area (Å²) >= 11 is 1.72. The predicted molar refractivity (Wildman–Crippen MR) is 232 cm³/mol. The molecule has 1 spiro atoms. The van der Waals surface area contributed by atoms with Crippen LogP contribution in [-0.4, -0.2) is 0 Å². The van der Waals surface area contributed by atoms with Gasteiger partial charge in [-0.3, -0.25) is 0 Å². The molecule has 0 N–H and O–H groups in total. The maximum Gasteiger partial charge on any atom is 0.101 e. The molecular weight excluding hydrogens is 683 g/mol. The molecule has 1 heterocycles. The fourth-order valence-electron chi connectivity index (χ4n) is 8.86. The van der Waals surface area contributed by atoms with Crippen molar-refractivity contribution in [2.75, 3.05) is 4.90 Å². The van der Waals surface area contributed by atoms with Crippen LogP contribution in [0.15, 0.2) is 212 Å². The Morgan fingerprint density at radius 2 is 0.855 bits per heavy atom. The highest BCUT2D eigenvalue weighted by Crippen LogP contribution is 2.63. The molecule has 0 saturated heterocycles. The number of nitrogens with zero attached hydrogens (tertiary/aromatic N) is 1. The average molecular weight is 723 g/mol. The van der Waals surface area contributed by atoms with Crippen molar-refractivity contribution in [2.24, 2.45) is 0 Å². The molecule has 2 heteroatoms. The highest BCUT2D eigenvalue weighted by molar-refractivity contribution is 7.19. The van der Waals surface area contributed by atoms with E-state index < -0.39 is 11.5 Å². The van der Waals surface area contributed by atoms with Crippen molar-refractivity contribution in [1.82, 2.24) is 0 Å². The van der Waals surface area contributed by atoms with Crippen molar-refractivity contribution >= 4 is 27.7 Å². The molecule has 9 aromatic rings. The van der Waals surface area contributed by atoms with Crippen molar-refractivity contribution < 1.29 is 6.85 Å². The SMILES string of the molecule is [2H]c1c([2H])c([2H])c(-c2ccc(N(c3ccc(-c4ccccc4)cc3)c3ccc(-c4ccc5c(c4)C4(c6ccccc6-c6ccccc64)c4ccccc4-5)s3)cc2)c([2H])c1[2H]. The van der Waals surface area contributed by atoms with Gasteiger partial charge in [-0.15, -0.1) is 11.3 Å². The number of thiophene rings is 1. The zero-order valence-electron chi connectivity index (χ0n) is 34.7. The van der Waals surface area contributed by atoms with E-state index in [1.807, 2.05) is 42.5 Å². The van der Waals surface area contributed by atoms with Crippen molar-refractivity contribution in [3.05, 3.63) is 234 Å². The number of rotatable bonds is 6. The number of benzene rings is 8. The molecule has 2 aliphatic rings. The first-order valence-corrected chi connectivity index (χ1v) is 19.3. The average Bonchev–Trinajstić information content (AvgIpc) is 3.99. The first-order chi connectivity index (χ1) is 29.3. The molecule has 11 rings (SSSR count). The van der Waals surface area contributed by atoms with Crippen molar-refractivity contribution in [1.29, 1.82) is 0 Å². The third kappa shape index (κ3) is 4.92. The van der Waals surface area contributed by atoms with Gasteiger partial charge < -0.3 is 4.90 Å². The van der Waals surface area contributed by atoms with Crippen LogP contribution in [0.2, 0.25) is 0 Å². The van der Waals surface area contributed by atoms with Crippen LogP contribution in [0.25, 0.3) is 54.9 Å². The Kier molecular flexibility index (Phi) is 6.22. The van der Waals surface area contributed by atoms with Gasteiger partial charge in [0.1, 0.15) is 5.00 Å². The standard InChI is InChI=1S/C53H35NS/c1-3-13-36(14-4-1)38-23-28-41(29-24-38)54(42-30-25-39(26-31-42)37-15-5-2-6-16-37)52-34-33-51(55-52)40-27-32-46-45-19-9-12-22-49(45)53(50(46)35-40)47-20-10-7-17-43(47)44-18-8-11-21-48(44)53/h1-35H/i1D,3D,4D,13D,14D. The Hall–Kier alpha value is -6.74. The van der Waals surface area contributed by atoms with E-state index in [0.717, 1.165) is 37.9 Å². The van der Waals surface area contributed by atoms with E-state index in [-0.39, 0.29) is 29.7 Å². The summed E-state index contributed by atoms with van der Waals surface area (Å²) in [4.78, 5) is 3.36. The summed E-state index contributed by atoms with van der Waals surface area (Å²) in [6, 6.07) is 63.0. The van der Waals surface area contributed by atoms with Crippen LogP contribution in [0.1, 0.15) is 29.1 Å². The summed E-state index contributed by atoms with van der Waals surface area (Å²) in [5.74, 6) is 0. The zero-order chi connectivity index (χ0) is 40.7. The third-order valence-electron chi connectivity index (χ3n) is 11.2. The Balaban J connectivity index is 1.04. The molecule has 1 nitrogen and oxygen atoms in total. The minimum atomic E-state index is -0.427. The molecule has 0 atom stereocenters. The van der Waals surface area contributed by atoms with Crippen LogP contribution in [0.5, 0.6) is 0 Å². The van der Waals surface area contributed by atoms with Crippen LogP contribution in [0, 0.1) is 0 Å². The number of hydrogen-bond donors (Lipinski definition) is 0. The van der Waals surface area contributed by atoms with E-state index in [9.17, 15) is 0 Å². The highest BCUT2D eigenvalue weighted by Gasteiger charge is 2.51. The molecule has 258 valence electrons. The Bertz CT molecular complexity index is 3060. The molecule has 8 aromatic carbocycles. The van der Waals surface area contributed by atoms with Gasteiger partial charge in [0.25, 0.3) is 0 Å². The second-order valence-corrected chi connectivity index (χ2v) is 15.1. The molecule has 0 amide bonds. The van der Waals surface area contributed by atoms with Gasteiger partial charge in [-0.2, -0.15) is 0 Å². The third-order valence-corrected chi connectivity index (χ3v) is 12.4. The summed E-state index contributed by atoms with van der Waals surface area (Å²) in [7, 11) is 0. The summed E-state index contributed by atoms with van der Waals surface area (Å²) in [5.41, 5.74) is 15.9. The van der Waals surface area contributed by atoms with E-state index in [1.165, 1.54) is 44.5 Å². The lowest BCUT2D eigenvalue weighted by atomic mass is 9.70. The molecule has 0 fully saturated rings. The monoisotopic (exact) mass is 722 g/mol. The molecule has 0 saturated carbocycles.